The fraction of sp³-hybridized carbons (Fsp3) is 0.0909. The van der Waals surface area contributed by atoms with E-state index in [-0.39, 0.29) is 0 Å². The van der Waals surface area contributed by atoms with E-state index in [9.17, 15) is 4.79 Å². The van der Waals surface area contributed by atoms with Crippen LogP contribution in [0.15, 0.2) is 41.7 Å². The average Bonchev–Trinajstić information content (AvgIpc) is 2.80. The summed E-state index contributed by atoms with van der Waals surface area (Å²) < 4.78 is 0. The van der Waals surface area contributed by atoms with Crippen molar-refractivity contribution >= 4 is 6.08 Å². The van der Waals surface area contributed by atoms with Crippen molar-refractivity contribution in [3.8, 4) is 11.4 Å². The molecule has 1 heterocycles. The lowest BCUT2D eigenvalue weighted by molar-refractivity contribution is 0.563. The summed E-state index contributed by atoms with van der Waals surface area (Å²) in [7, 11) is 0. The highest BCUT2D eigenvalue weighted by Gasteiger charge is 2.04. The van der Waals surface area contributed by atoms with Crippen molar-refractivity contribution in [2.75, 3.05) is 0 Å². The number of hydrogen-bond acceptors (Lipinski definition) is 3. The van der Waals surface area contributed by atoms with Gasteiger partial charge in [0, 0.05) is 18.0 Å². The van der Waals surface area contributed by atoms with Crippen LogP contribution in [-0.2, 0) is 11.3 Å². The van der Waals surface area contributed by atoms with Crippen LogP contribution in [0.1, 0.15) is 5.56 Å². The Balaban J connectivity index is 2.42. The fourth-order valence-corrected chi connectivity index (χ4v) is 1.42. The maximum Gasteiger partial charge on any atom is 0.235 e. The minimum absolute atomic E-state index is 0.334. The molecule has 0 saturated carbocycles. The molecular weight excluding hydrogens is 190 g/mol. The van der Waals surface area contributed by atoms with Crippen LogP contribution < -0.4 is 0 Å². The summed E-state index contributed by atoms with van der Waals surface area (Å²) in [5.74, 6) is 0.784. The fourth-order valence-electron chi connectivity index (χ4n) is 1.42. The van der Waals surface area contributed by atoms with E-state index in [1.54, 1.807) is 12.4 Å². The van der Waals surface area contributed by atoms with E-state index in [0.29, 0.717) is 6.54 Å². The molecule has 0 aliphatic carbocycles. The average molecular weight is 199 g/mol. The van der Waals surface area contributed by atoms with Crippen LogP contribution >= 0.6 is 0 Å². The number of aromatic nitrogens is 2. The SMILES string of the molecule is O=C=NCc1ccccc1-c1ncc[nH]1. The molecule has 1 aromatic heterocycles. The second-order valence-corrected chi connectivity index (χ2v) is 3.00. The molecule has 2 rings (SSSR count). The molecule has 0 atom stereocenters. The summed E-state index contributed by atoms with van der Waals surface area (Å²) in [6, 6.07) is 7.68. The number of imidazole rings is 1. The molecule has 2 aromatic rings. The van der Waals surface area contributed by atoms with Gasteiger partial charge in [-0.2, -0.15) is 0 Å². The van der Waals surface area contributed by atoms with E-state index in [2.05, 4.69) is 15.0 Å². The molecule has 0 amide bonds. The molecule has 4 nitrogen and oxygen atoms in total. The van der Waals surface area contributed by atoms with Gasteiger partial charge in [-0.1, -0.05) is 24.3 Å². The molecule has 15 heavy (non-hydrogen) atoms. The topological polar surface area (TPSA) is 58.1 Å². The maximum atomic E-state index is 10.1. The highest BCUT2D eigenvalue weighted by atomic mass is 16.1. The normalized spacial score (nSPS) is 9.60. The van der Waals surface area contributed by atoms with E-state index in [1.165, 1.54) is 6.08 Å². The molecule has 74 valence electrons. The number of H-pyrrole nitrogens is 1. The van der Waals surface area contributed by atoms with E-state index < -0.39 is 0 Å². The Kier molecular flexibility index (Phi) is 2.72. The molecule has 0 fully saturated rings. The van der Waals surface area contributed by atoms with E-state index in [0.717, 1.165) is 17.0 Å². The van der Waals surface area contributed by atoms with Crippen LogP contribution in [0.3, 0.4) is 0 Å². The Hall–Kier alpha value is -2.19. The van der Waals surface area contributed by atoms with E-state index in [1.807, 2.05) is 24.3 Å². The first-order valence-corrected chi connectivity index (χ1v) is 4.53. The van der Waals surface area contributed by atoms with Crippen molar-refractivity contribution in [2.45, 2.75) is 6.54 Å². The Bertz CT molecular complexity index is 484. The molecular formula is C11H9N3O. The van der Waals surface area contributed by atoms with Gasteiger partial charge in [0.15, 0.2) is 0 Å². The number of aliphatic imine (C=N–C) groups is 1. The summed E-state index contributed by atoms with van der Waals surface area (Å²) >= 11 is 0. The molecule has 0 saturated heterocycles. The Labute approximate surface area is 86.7 Å². The van der Waals surface area contributed by atoms with Gasteiger partial charge >= 0.3 is 0 Å². The van der Waals surface area contributed by atoms with Crippen molar-refractivity contribution in [1.29, 1.82) is 0 Å². The zero-order valence-corrected chi connectivity index (χ0v) is 7.97. The molecule has 0 aliphatic heterocycles. The first-order chi connectivity index (χ1) is 7.42. The molecule has 0 spiro atoms. The number of nitrogens with one attached hydrogen (secondary N) is 1. The number of hydrogen-bond donors (Lipinski definition) is 1. The third-order valence-corrected chi connectivity index (χ3v) is 2.08. The highest BCUT2D eigenvalue weighted by molar-refractivity contribution is 5.60. The minimum Gasteiger partial charge on any atom is -0.345 e. The van der Waals surface area contributed by atoms with Crippen molar-refractivity contribution in [3.05, 3.63) is 42.2 Å². The minimum atomic E-state index is 0.334. The standard InChI is InChI=1S/C11H9N3O/c15-8-12-7-9-3-1-2-4-10(9)11-13-5-6-14-11/h1-6H,7H2,(H,13,14). The number of carbonyl (C=O) groups excluding carboxylic acids is 1. The zero-order valence-electron chi connectivity index (χ0n) is 7.97. The monoisotopic (exact) mass is 199 g/mol. The van der Waals surface area contributed by atoms with Gasteiger partial charge in [-0.25, -0.2) is 14.8 Å². The number of aromatic amines is 1. The van der Waals surface area contributed by atoms with Crippen molar-refractivity contribution < 1.29 is 4.79 Å². The highest BCUT2D eigenvalue weighted by Crippen LogP contribution is 2.20. The lowest BCUT2D eigenvalue weighted by Crippen LogP contribution is -1.89. The number of nitrogens with zero attached hydrogens (tertiary/aromatic N) is 2. The zero-order chi connectivity index (χ0) is 10.5. The molecule has 0 radical (unpaired) electrons. The van der Waals surface area contributed by atoms with Gasteiger partial charge in [0.25, 0.3) is 0 Å². The Morgan fingerprint density at radius 3 is 3.00 bits per heavy atom. The lowest BCUT2D eigenvalue weighted by Gasteiger charge is -2.02. The quantitative estimate of drug-likeness (QED) is 0.606. The number of isocyanates is 1. The molecule has 1 N–H and O–H groups in total. The predicted molar refractivity (Wildman–Crippen MR) is 55.8 cm³/mol. The summed E-state index contributed by atoms with van der Waals surface area (Å²) in [5, 5.41) is 0. The third-order valence-electron chi connectivity index (χ3n) is 2.08. The smallest absolute Gasteiger partial charge is 0.235 e. The van der Waals surface area contributed by atoms with E-state index >= 15 is 0 Å². The molecule has 0 aliphatic rings. The Morgan fingerprint density at radius 2 is 2.27 bits per heavy atom. The predicted octanol–water partition coefficient (Wildman–Crippen LogP) is 1.91. The van der Waals surface area contributed by atoms with Crippen LogP contribution in [-0.4, -0.2) is 16.0 Å². The van der Waals surface area contributed by atoms with Gasteiger partial charge in [0.1, 0.15) is 5.82 Å². The van der Waals surface area contributed by atoms with Crippen LogP contribution in [0.5, 0.6) is 0 Å². The van der Waals surface area contributed by atoms with Crippen molar-refractivity contribution in [1.82, 2.24) is 9.97 Å². The number of benzene rings is 1. The first kappa shape index (κ1) is 9.37. The first-order valence-electron chi connectivity index (χ1n) is 4.53. The Morgan fingerprint density at radius 1 is 1.40 bits per heavy atom. The van der Waals surface area contributed by atoms with Gasteiger partial charge in [0.2, 0.25) is 6.08 Å². The van der Waals surface area contributed by atoms with Gasteiger partial charge in [-0.15, -0.1) is 0 Å². The van der Waals surface area contributed by atoms with Crippen LogP contribution in [0.2, 0.25) is 0 Å². The van der Waals surface area contributed by atoms with Gasteiger partial charge < -0.3 is 4.98 Å². The summed E-state index contributed by atoms with van der Waals surface area (Å²) in [5.41, 5.74) is 1.91. The van der Waals surface area contributed by atoms with Gasteiger partial charge in [0.05, 0.1) is 6.54 Å². The second-order valence-electron chi connectivity index (χ2n) is 3.00. The maximum absolute atomic E-state index is 10.1. The number of rotatable bonds is 3. The third kappa shape index (κ3) is 2.00. The van der Waals surface area contributed by atoms with Crippen molar-refractivity contribution in [2.24, 2.45) is 4.99 Å². The second kappa shape index (κ2) is 4.35. The summed E-state index contributed by atoms with van der Waals surface area (Å²) in [6.45, 7) is 0.334. The molecule has 4 heteroatoms. The van der Waals surface area contributed by atoms with Gasteiger partial charge in [-0.3, -0.25) is 0 Å². The van der Waals surface area contributed by atoms with Crippen LogP contribution in [0.25, 0.3) is 11.4 Å². The molecule has 1 aromatic carbocycles. The molecule has 0 unspecified atom stereocenters. The molecule has 0 bridgehead atoms. The summed E-state index contributed by atoms with van der Waals surface area (Å²) in [4.78, 5) is 20.8. The van der Waals surface area contributed by atoms with E-state index in [4.69, 9.17) is 0 Å². The lowest BCUT2D eigenvalue weighted by atomic mass is 10.1. The largest absolute Gasteiger partial charge is 0.345 e. The van der Waals surface area contributed by atoms with Crippen LogP contribution in [0.4, 0.5) is 0 Å². The van der Waals surface area contributed by atoms with Crippen molar-refractivity contribution in [3.63, 3.8) is 0 Å². The van der Waals surface area contributed by atoms with Crippen LogP contribution in [0, 0.1) is 0 Å². The van der Waals surface area contributed by atoms with Gasteiger partial charge in [-0.05, 0) is 5.56 Å². The summed E-state index contributed by atoms with van der Waals surface area (Å²) in [6.07, 6.45) is 4.98.